The maximum absolute atomic E-state index is 10.1. The zero-order valence-electron chi connectivity index (χ0n) is 10.0. The van der Waals surface area contributed by atoms with Gasteiger partial charge in [0.25, 0.3) is 0 Å². The fourth-order valence-corrected chi connectivity index (χ4v) is 2.57. The predicted molar refractivity (Wildman–Crippen MR) is 76.2 cm³/mol. The Labute approximate surface area is 109 Å². The van der Waals surface area contributed by atoms with Crippen LogP contribution in [0.1, 0.15) is 0 Å². The van der Waals surface area contributed by atoms with Gasteiger partial charge in [-0.3, -0.25) is 0 Å². The normalized spacial score (nSPS) is 11.4. The average Bonchev–Trinajstić information content (AvgIpc) is 2.45. The summed E-state index contributed by atoms with van der Waals surface area (Å²) in [6.07, 6.45) is 3.34. The summed E-state index contributed by atoms with van der Waals surface area (Å²) in [6, 6.07) is 13.7. The van der Waals surface area contributed by atoms with E-state index in [1.807, 2.05) is 30.3 Å². The van der Waals surface area contributed by atoms with Gasteiger partial charge in [0.1, 0.15) is 12.1 Å². The Morgan fingerprint density at radius 1 is 0.895 bits per heavy atom. The van der Waals surface area contributed by atoms with Crippen LogP contribution in [0.15, 0.2) is 55.0 Å². The molecule has 1 heterocycles. The Morgan fingerprint density at radius 3 is 2.74 bits per heavy atom. The van der Waals surface area contributed by atoms with Gasteiger partial charge in [-0.15, -0.1) is 0 Å². The molecule has 0 saturated carbocycles. The van der Waals surface area contributed by atoms with Crippen LogP contribution in [0, 0.1) is 0 Å². The summed E-state index contributed by atoms with van der Waals surface area (Å²) in [6.45, 7) is 0. The lowest BCUT2D eigenvalue weighted by atomic mass is 10.00. The highest BCUT2D eigenvalue weighted by molar-refractivity contribution is 6.13. The molecule has 3 aromatic carbocycles. The topological polar surface area (TPSA) is 46.0 Å². The van der Waals surface area contributed by atoms with Crippen LogP contribution in [-0.4, -0.2) is 15.1 Å². The molecule has 0 amide bonds. The minimum absolute atomic E-state index is 0.305. The largest absolute Gasteiger partial charge is 0.507 e. The third-order valence-electron chi connectivity index (χ3n) is 3.46. The molecule has 0 bridgehead atoms. The second-order valence-corrected chi connectivity index (χ2v) is 4.60. The highest BCUT2D eigenvalue weighted by atomic mass is 16.3. The van der Waals surface area contributed by atoms with Crippen LogP contribution >= 0.6 is 0 Å². The average molecular weight is 246 g/mol. The third kappa shape index (κ3) is 1.45. The number of rotatable bonds is 0. The van der Waals surface area contributed by atoms with Gasteiger partial charge >= 0.3 is 0 Å². The Hall–Kier alpha value is -2.68. The second-order valence-electron chi connectivity index (χ2n) is 4.60. The third-order valence-corrected chi connectivity index (χ3v) is 3.46. The first-order chi connectivity index (χ1) is 9.33. The summed E-state index contributed by atoms with van der Waals surface area (Å²) < 4.78 is 0. The number of hydrogen-bond donors (Lipinski definition) is 1. The van der Waals surface area contributed by atoms with Crippen molar-refractivity contribution in [1.82, 2.24) is 9.97 Å². The van der Waals surface area contributed by atoms with E-state index in [4.69, 9.17) is 0 Å². The number of nitrogens with zero attached hydrogens (tertiary/aromatic N) is 2. The molecule has 0 aliphatic rings. The van der Waals surface area contributed by atoms with Gasteiger partial charge in [0.15, 0.2) is 0 Å². The lowest BCUT2D eigenvalue weighted by Gasteiger charge is -2.07. The van der Waals surface area contributed by atoms with E-state index >= 15 is 0 Å². The molecule has 4 rings (SSSR count). The van der Waals surface area contributed by atoms with Crippen molar-refractivity contribution >= 4 is 32.4 Å². The molecule has 0 atom stereocenters. The van der Waals surface area contributed by atoms with Crippen molar-refractivity contribution in [1.29, 1.82) is 0 Å². The lowest BCUT2D eigenvalue weighted by Crippen LogP contribution is -1.83. The quantitative estimate of drug-likeness (QED) is 0.380. The molecule has 0 spiro atoms. The lowest BCUT2D eigenvalue weighted by molar-refractivity contribution is 0.482. The molecule has 90 valence electrons. The fraction of sp³-hybridized carbons (Fsp3) is 0. The molecule has 3 heteroatoms. The van der Waals surface area contributed by atoms with E-state index in [0.717, 1.165) is 32.4 Å². The van der Waals surface area contributed by atoms with E-state index in [9.17, 15) is 5.11 Å². The molecule has 19 heavy (non-hydrogen) atoms. The number of fused-ring (bicyclic) bond motifs is 4. The van der Waals surface area contributed by atoms with Gasteiger partial charge in [-0.25, -0.2) is 9.97 Å². The Kier molecular flexibility index (Phi) is 1.97. The van der Waals surface area contributed by atoms with Gasteiger partial charge in [0.2, 0.25) is 0 Å². The first-order valence-corrected chi connectivity index (χ1v) is 6.07. The summed E-state index contributed by atoms with van der Waals surface area (Å²) in [5.41, 5.74) is 0.914. The molecule has 0 fully saturated rings. The van der Waals surface area contributed by atoms with E-state index in [1.165, 1.54) is 0 Å². The van der Waals surface area contributed by atoms with Crippen LogP contribution in [-0.2, 0) is 0 Å². The number of benzene rings is 3. The maximum Gasteiger partial charge on any atom is 0.124 e. The van der Waals surface area contributed by atoms with Crippen LogP contribution in [0.5, 0.6) is 5.75 Å². The monoisotopic (exact) mass is 246 g/mol. The summed E-state index contributed by atoms with van der Waals surface area (Å²) in [5.74, 6) is 0.305. The van der Waals surface area contributed by atoms with E-state index in [2.05, 4.69) is 16.0 Å². The molecular formula is C16H10N2O. The van der Waals surface area contributed by atoms with Crippen molar-refractivity contribution in [2.24, 2.45) is 0 Å². The van der Waals surface area contributed by atoms with Crippen LogP contribution < -0.4 is 0 Å². The maximum atomic E-state index is 10.1. The molecule has 4 aromatic rings. The van der Waals surface area contributed by atoms with Crippen molar-refractivity contribution in [2.45, 2.75) is 0 Å². The smallest absolute Gasteiger partial charge is 0.124 e. The molecule has 3 nitrogen and oxygen atoms in total. The molecule has 1 aromatic heterocycles. The first-order valence-electron chi connectivity index (χ1n) is 6.07. The summed E-state index contributed by atoms with van der Waals surface area (Å²) in [4.78, 5) is 8.31. The predicted octanol–water partition coefficient (Wildman–Crippen LogP) is 3.64. The standard InChI is InChI=1S/C16H10N2O/c19-15-3-1-2-10-4-5-11-7-14-12(8-17-9-18-14)6-13(11)16(10)15/h1-9,19H. The van der Waals surface area contributed by atoms with Crippen molar-refractivity contribution in [3.05, 3.63) is 55.0 Å². The summed E-state index contributed by atoms with van der Waals surface area (Å²) >= 11 is 0. The number of hydrogen-bond acceptors (Lipinski definition) is 3. The first kappa shape index (κ1) is 10.3. The molecular weight excluding hydrogens is 236 g/mol. The minimum Gasteiger partial charge on any atom is -0.507 e. The Morgan fingerprint density at radius 2 is 1.79 bits per heavy atom. The fourth-order valence-electron chi connectivity index (χ4n) is 2.57. The number of aromatic hydroxyl groups is 1. The van der Waals surface area contributed by atoms with Crippen molar-refractivity contribution in [2.75, 3.05) is 0 Å². The Balaban J connectivity index is 2.29. The number of aromatic nitrogens is 2. The van der Waals surface area contributed by atoms with Crippen LogP contribution in [0.25, 0.3) is 32.4 Å². The van der Waals surface area contributed by atoms with Crippen molar-refractivity contribution in [3.63, 3.8) is 0 Å². The van der Waals surface area contributed by atoms with E-state index < -0.39 is 0 Å². The number of phenolic OH excluding ortho intramolecular Hbond substituents is 1. The van der Waals surface area contributed by atoms with E-state index in [1.54, 1.807) is 18.6 Å². The van der Waals surface area contributed by atoms with Gasteiger partial charge in [0, 0.05) is 17.0 Å². The van der Waals surface area contributed by atoms with Crippen LogP contribution in [0.4, 0.5) is 0 Å². The van der Waals surface area contributed by atoms with Crippen molar-refractivity contribution < 1.29 is 5.11 Å². The van der Waals surface area contributed by atoms with Crippen molar-refractivity contribution in [3.8, 4) is 5.75 Å². The molecule has 0 unspecified atom stereocenters. The molecule has 0 aliphatic heterocycles. The van der Waals surface area contributed by atoms with Crippen LogP contribution in [0.3, 0.4) is 0 Å². The van der Waals surface area contributed by atoms with Gasteiger partial charge < -0.3 is 5.11 Å². The highest BCUT2D eigenvalue weighted by Gasteiger charge is 2.06. The minimum atomic E-state index is 0.305. The number of phenols is 1. The van der Waals surface area contributed by atoms with Gasteiger partial charge in [-0.05, 0) is 34.4 Å². The molecule has 0 saturated heterocycles. The zero-order chi connectivity index (χ0) is 12.8. The molecule has 1 N–H and O–H groups in total. The van der Waals surface area contributed by atoms with Gasteiger partial charge in [-0.2, -0.15) is 0 Å². The highest BCUT2D eigenvalue weighted by Crippen LogP contribution is 2.33. The van der Waals surface area contributed by atoms with Gasteiger partial charge in [0.05, 0.1) is 5.52 Å². The van der Waals surface area contributed by atoms with E-state index in [-0.39, 0.29) is 0 Å². The SMILES string of the molecule is Oc1cccc2ccc3cc4ncncc4cc3c12. The second kappa shape index (κ2) is 3.65. The van der Waals surface area contributed by atoms with Crippen LogP contribution in [0.2, 0.25) is 0 Å². The van der Waals surface area contributed by atoms with Gasteiger partial charge in [-0.1, -0.05) is 24.3 Å². The zero-order valence-corrected chi connectivity index (χ0v) is 10.0. The summed E-state index contributed by atoms with van der Waals surface area (Å²) in [7, 11) is 0. The van der Waals surface area contributed by atoms with E-state index in [0.29, 0.717) is 5.75 Å². The Bertz CT molecular complexity index is 931. The molecule has 0 aliphatic carbocycles. The molecule has 0 radical (unpaired) electrons. The summed E-state index contributed by atoms with van der Waals surface area (Å²) in [5, 5.41) is 15.1.